The van der Waals surface area contributed by atoms with Gasteiger partial charge in [0, 0.05) is 31.3 Å². The van der Waals surface area contributed by atoms with Crippen molar-refractivity contribution < 1.29 is 24.2 Å². The number of hydrogen-bond acceptors (Lipinski definition) is 5. The highest BCUT2D eigenvalue weighted by molar-refractivity contribution is 5.95. The second kappa shape index (κ2) is 6.92. The highest BCUT2D eigenvalue weighted by Crippen LogP contribution is 2.39. The van der Waals surface area contributed by atoms with E-state index in [0.29, 0.717) is 43.1 Å². The summed E-state index contributed by atoms with van der Waals surface area (Å²) >= 11 is 0. The molecule has 2 fully saturated rings. The van der Waals surface area contributed by atoms with Crippen LogP contribution < -0.4 is 14.8 Å². The lowest BCUT2D eigenvalue weighted by molar-refractivity contribution is -0.139. The molecule has 7 nitrogen and oxygen atoms in total. The molecule has 7 heteroatoms. The summed E-state index contributed by atoms with van der Waals surface area (Å²) in [6.07, 6.45) is 2.27. The first-order chi connectivity index (χ1) is 12.0. The minimum atomic E-state index is -0.793. The number of carboxylic acids is 1. The summed E-state index contributed by atoms with van der Waals surface area (Å²) in [4.78, 5) is 25.8. The van der Waals surface area contributed by atoms with E-state index >= 15 is 0 Å². The van der Waals surface area contributed by atoms with Gasteiger partial charge in [-0.1, -0.05) is 0 Å². The number of benzene rings is 1. The zero-order valence-corrected chi connectivity index (χ0v) is 14.6. The molecule has 2 N–H and O–H groups in total. The second-order valence-corrected chi connectivity index (χ2v) is 6.87. The molecule has 2 aliphatic heterocycles. The maximum Gasteiger partial charge on any atom is 0.320 e. The average Bonchev–Trinajstić information content (AvgIpc) is 3.05. The fourth-order valence-electron chi connectivity index (χ4n) is 3.77. The third-order valence-electron chi connectivity index (χ3n) is 5.37. The number of carboxylic acid groups (broad SMARTS) is 1. The SMILES string of the molecule is COc1cc(OC)cc(C(=O)N2CCC3(CC2)CN[C@@H](C(=O)O)C3)c1. The van der Waals surface area contributed by atoms with Gasteiger partial charge >= 0.3 is 5.97 Å². The van der Waals surface area contributed by atoms with Crippen molar-refractivity contribution in [1.82, 2.24) is 10.2 Å². The van der Waals surface area contributed by atoms with E-state index in [0.717, 1.165) is 12.8 Å². The van der Waals surface area contributed by atoms with Gasteiger partial charge in [-0.25, -0.2) is 0 Å². The number of nitrogens with one attached hydrogen (secondary N) is 1. The number of carbonyl (C=O) groups is 2. The molecule has 2 saturated heterocycles. The molecule has 0 bridgehead atoms. The molecule has 1 aromatic carbocycles. The Morgan fingerprint density at radius 1 is 1.16 bits per heavy atom. The number of hydrogen-bond donors (Lipinski definition) is 2. The Morgan fingerprint density at radius 3 is 2.24 bits per heavy atom. The van der Waals surface area contributed by atoms with E-state index in [1.54, 1.807) is 32.4 Å². The fraction of sp³-hybridized carbons (Fsp3) is 0.556. The maximum absolute atomic E-state index is 12.8. The van der Waals surface area contributed by atoms with Crippen molar-refractivity contribution in [2.45, 2.75) is 25.3 Å². The molecule has 1 aromatic rings. The summed E-state index contributed by atoms with van der Waals surface area (Å²) in [5, 5.41) is 12.3. The summed E-state index contributed by atoms with van der Waals surface area (Å²) in [7, 11) is 3.11. The second-order valence-electron chi connectivity index (χ2n) is 6.87. The van der Waals surface area contributed by atoms with E-state index in [2.05, 4.69) is 5.32 Å². The van der Waals surface area contributed by atoms with Crippen molar-refractivity contribution in [3.8, 4) is 11.5 Å². The Kier molecular flexibility index (Phi) is 4.85. The molecule has 0 aliphatic carbocycles. The lowest BCUT2D eigenvalue weighted by Crippen LogP contribution is -2.44. The Labute approximate surface area is 146 Å². The highest BCUT2D eigenvalue weighted by Gasteiger charge is 2.44. The number of amides is 1. The van der Waals surface area contributed by atoms with Gasteiger partial charge in [-0.05, 0) is 36.8 Å². The van der Waals surface area contributed by atoms with E-state index in [9.17, 15) is 9.59 Å². The number of likely N-dealkylation sites (tertiary alicyclic amines) is 1. The van der Waals surface area contributed by atoms with Crippen LogP contribution in [-0.4, -0.2) is 61.8 Å². The number of nitrogens with zero attached hydrogens (tertiary/aromatic N) is 1. The number of ether oxygens (including phenoxy) is 2. The summed E-state index contributed by atoms with van der Waals surface area (Å²) in [5.41, 5.74) is 0.534. The first kappa shape index (κ1) is 17.5. The summed E-state index contributed by atoms with van der Waals surface area (Å²) in [6.45, 7) is 1.97. The third-order valence-corrected chi connectivity index (χ3v) is 5.37. The molecule has 0 unspecified atom stereocenters. The van der Waals surface area contributed by atoms with Crippen molar-refractivity contribution in [3.63, 3.8) is 0 Å². The van der Waals surface area contributed by atoms with Crippen LogP contribution in [0.3, 0.4) is 0 Å². The Bertz CT molecular complexity index is 645. The highest BCUT2D eigenvalue weighted by atomic mass is 16.5. The Morgan fingerprint density at radius 2 is 1.76 bits per heavy atom. The molecule has 0 saturated carbocycles. The number of carbonyl (C=O) groups excluding carboxylic acids is 1. The summed E-state index contributed by atoms with van der Waals surface area (Å²) < 4.78 is 10.5. The van der Waals surface area contributed by atoms with Gasteiger partial charge in [0.05, 0.1) is 14.2 Å². The van der Waals surface area contributed by atoms with Crippen LogP contribution in [0.25, 0.3) is 0 Å². The van der Waals surface area contributed by atoms with E-state index in [1.165, 1.54) is 0 Å². The Hall–Kier alpha value is -2.28. The third kappa shape index (κ3) is 3.56. The van der Waals surface area contributed by atoms with Crippen LogP contribution in [0.4, 0.5) is 0 Å². The quantitative estimate of drug-likeness (QED) is 0.854. The van der Waals surface area contributed by atoms with E-state index in [-0.39, 0.29) is 11.3 Å². The lowest BCUT2D eigenvalue weighted by Gasteiger charge is -2.39. The standard InChI is InChI=1S/C18H24N2O5/c1-24-13-7-12(8-14(9-13)25-2)16(21)20-5-3-18(4-6-20)10-15(17(22)23)19-11-18/h7-9,15,19H,3-6,10-11H2,1-2H3,(H,22,23)/t15-/m1/s1. The van der Waals surface area contributed by atoms with Gasteiger partial charge in [0.15, 0.2) is 0 Å². The minimum Gasteiger partial charge on any atom is -0.497 e. The van der Waals surface area contributed by atoms with Crippen molar-refractivity contribution >= 4 is 11.9 Å². The van der Waals surface area contributed by atoms with Crippen LogP contribution in [0.15, 0.2) is 18.2 Å². The van der Waals surface area contributed by atoms with E-state index in [1.807, 2.05) is 4.90 Å². The van der Waals surface area contributed by atoms with Gasteiger partial charge in [0.25, 0.3) is 5.91 Å². The van der Waals surface area contributed by atoms with Gasteiger partial charge in [0.1, 0.15) is 17.5 Å². The van der Waals surface area contributed by atoms with Gasteiger partial charge < -0.3 is 24.8 Å². The predicted molar refractivity (Wildman–Crippen MR) is 91.2 cm³/mol. The molecule has 1 amide bonds. The molecule has 136 valence electrons. The van der Waals surface area contributed by atoms with E-state index in [4.69, 9.17) is 14.6 Å². The van der Waals surface area contributed by atoms with Crippen LogP contribution in [0.1, 0.15) is 29.6 Å². The molecular formula is C18H24N2O5. The monoisotopic (exact) mass is 348 g/mol. The number of aliphatic carboxylic acids is 1. The van der Waals surface area contributed by atoms with Gasteiger partial charge in [-0.3, -0.25) is 9.59 Å². The van der Waals surface area contributed by atoms with Crippen LogP contribution in [-0.2, 0) is 4.79 Å². The normalized spacial score (nSPS) is 22.0. The molecule has 2 heterocycles. The largest absolute Gasteiger partial charge is 0.497 e. The van der Waals surface area contributed by atoms with Crippen molar-refractivity contribution in [3.05, 3.63) is 23.8 Å². The molecule has 3 rings (SSSR count). The topological polar surface area (TPSA) is 88.1 Å². The fourth-order valence-corrected chi connectivity index (χ4v) is 3.77. The zero-order valence-electron chi connectivity index (χ0n) is 14.6. The maximum atomic E-state index is 12.8. The number of methoxy groups -OCH3 is 2. The molecule has 0 aromatic heterocycles. The van der Waals surface area contributed by atoms with Crippen LogP contribution in [0.2, 0.25) is 0 Å². The molecule has 1 spiro atoms. The Balaban J connectivity index is 1.67. The number of piperidine rings is 1. The van der Waals surface area contributed by atoms with Gasteiger partial charge in [0.2, 0.25) is 0 Å². The van der Waals surface area contributed by atoms with Crippen LogP contribution in [0, 0.1) is 5.41 Å². The zero-order chi connectivity index (χ0) is 18.0. The van der Waals surface area contributed by atoms with Crippen LogP contribution >= 0.6 is 0 Å². The molecular weight excluding hydrogens is 324 g/mol. The first-order valence-corrected chi connectivity index (χ1v) is 8.45. The molecule has 2 aliphatic rings. The summed E-state index contributed by atoms with van der Waals surface area (Å²) in [5.74, 6) is 0.326. The van der Waals surface area contributed by atoms with Crippen LogP contribution in [0.5, 0.6) is 11.5 Å². The van der Waals surface area contributed by atoms with E-state index < -0.39 is 12.0 Å². The smallest absolute Gasteiger partial charge is 0.320 e. The predicted octanol–water partition coefficient (Wildman–Crippen LogP) is 1.37. The minimum absolute atomic E-state index is 0.00803. The molecule has 25 heavy (non-hydrogen) atoms. The van der Waals surface area contributed by atoms with Gasteiger partial charge in [-0.2, -0.15) is 0 Å². The first-order valence-electron chi connectivity index (χ1n) is 8.45. The lowest BCUT2D eigenvalue weighted by atomic mass is 9.76. The molecule has 0 radical (unpaired) electrons. The van der Waals surface area contributed by atoms with Crippen molar-refractivity contribution in [1.29, 1.82) is 0 Å². The van der Waals surface area contributed by atoms with Crippen molar-refractivity contribution in [2.75, 3.05) is 33.9 Å². The molecule has 1 atom stereocenters. The van der Waals surface area contributed by atoms with Gasteiger partial charge in [-0.15, -0.1) is 0 Å². The average molecular weight is 348 g/mol. The number of rotatable bonds is 4. The summed E-state index contributed by atoms with van der Waals surface area (Å²) in [6, 6.07) is 4.70. The van der Waals surface area contributed by atoms with Crippen molar-refractivity contribution in [2.24, 2.45) is 5.41 Å².